The number of urea groups is 1. The Kier molecular flexibility index (Phi) is 2.19. The molecule has 0 aliphatic heterocycles. The van der Waals surface area contributed by atoms with Gasteiger partial charge in [0.25, 0.3) is 0 Å². The molecule has 2 amide bonds. The monoisotopic (exact) mass is 101 g/mol. The van der Waals surface area contributed by atoms with Crippen LogP contribution in [0.4, 0.5) is 4.79 Å². The third-order valence-electron chi connectivity index (χ3n) is 0.735. The molecule has 0 saturated heterocycles. The maximum Gasteiger partial charge on any atom is 0.314 e. The number of nitrogens with two attached hydrogens (primary N) is 1. The summed E-state index contributed by atoms with van der Waals surface area (Å²) in [7, 11) is 1.60. The van der Waals surface area contributed by atoms with E-state index in [-0.39, 0.29) is 0 Å². The third-order valence-corrected chi connectivity index (χ3v) is 0.735. The van der Waals surface area contributed by atoms with Crippen LogP contribution in [0, 0.1) is 6.54 Å². The van der Waals surface area contributed by atoms with E-state index in [4.69, 9.17) is 5.73 Å². The molecule has 0 spiro atoms. The Balaban J connectivity index is 3.34. The van der Waals surface area contributed by atoms with Gasteiger partial charge in [-0.3, -0.25) is 0 Å². The molecule has 41 valence electrons. The highest BCUT2D eigenvalue weighted by molar-refractivity contribution is 5.72. The molecule has 0 heterocycles. The molecule has 0 unspecified atom stereocenters. The number of amides is 2. The van der Waals surface area contributed by atoms with E-state index < -0.39 is 6.03 Å². The summed E-state index contributed by atoms with van der Waals surface area (Å²) in [6.45, 7) is 3.34. The lowest BCUT2D eigenvalue weighted by Gasteiger charge is -2.07. The fraction of sp³-hybridized carbons (Fsp3) is 0.500. The second-order valence-electron chi connectivity index (χ2n) is 1.21. The van der Waals surface area contributed by atoms with Gasteiger partial charge in [-0.25, -0.2) is 4.79 Å². The van der Waals surface area contributed by atoms with Crippen molar-refractivity contribution in [3.05, 3.63) is 6.54 Å². The lowest BCUT2D eigenvalue weighted by Crippen LogP contribution is -2.28. The summed E-state index contributed by atoms with van der Waals surface area (Å²) in [6, 6.07) is -0.428. The van der Waals surface area contributed by atoms with E-state index in [2.05, 4.69) is 0 Å². The van der Waals surface area contributed by atoms with Crippen LogP contribution in [0.5, 0.6) is 0 Å². The van der Waals surface area contributed by atoms with Crippen molar-refractivity contribution in [3.8, 4) is 0 Å². The van der Waals surface area contributed by atoms with Crippen LogP contribution in [-0.2, 0) is 0 Å². The van der Waals surface area contributed by atoms with Crippen molar-refractivity contribution < 1.29 is 4.79 Å². The fourth-order valence-corrected chi connectivity index (χ4v) is 0.127. The molecule has 0 saturated carbocycles. The summed E-state index contributed by atoms with van der Waals surface area (Å²) in [6.07, 6.45) is 0. The minimum absolute atomic E-state index is 0.428. The molecule has 0 aromatic heterocycles. The SMILES string of the molecule is C[CH]N(C)C(N)=O. The molecule has 1 radical (unpaired) electrons. The highest BCUT2D eigenvalue weighted by Crippen LogP contribution is 1.81. The molecule has 0 fully saturated rings. The van der Waals surface area contributed by atoms with Crippen LogP contribution in [0.25, 0.3) is 0 Å². The van der Waals surface area contributed by atoms with E-state index in [1.165, 1.54) is 4.90 Å². The Morgan fingerprint density at radius 2 is 2.29 bits per heavy atom. The van der Waals surface area contributed by atoms with Crippen molar-refractivity contribution >= 4 is 6.03 Å². The average Bonchev–Trinajstić information content (AvgIpc) is 1.65. The Bertz CT molecular complexity index is 72.1. The first-order valence-electron chi connectivity index (χ1n) is 2.00. The standard InChI is InChI=1S/C4H9N2O/c1-3-6(2)4(5)7/h3H,1-2H3,(H2,5,7). The minimum Gasteiger partial charge on any atom is -0.351 e. The van der Waals surface area contributed by atoms with E-state index in [0.717, 1.165) is 0 Å². The molecule has 0 aromatic carbocycles. The van der Waals surface area contributed by atoms with Crippen molar-refractivity contribution in [3.63, 3.8) is 0 Å². The summed E-state index contributed by atoms with van der Waals surface area (Å²) < 4.78 is 0. The zero-order valence-corrected chi connectivity index (χ0v) is 4.51. The molecule has 0 atom stereocenters. The Labute approximate surface area is 43.1 Å². The van der Waals surface area contributed by atoms with Gasteiger partial charge in [0.15, 0.2) is 0 Å². The van der Waals surface area contributed by atoms with Crippen molar-refractivity contribution in [1.29, 1.82) is 0 Å². The summed E-state index contributed by atoms with van der Waals surface area (Å²) in [5, 5.41) is 0. The molecule has 0 rings (SSSR count). The maximum atomic E-state index is 10.0. The normalized spacial score (nSPS) is 8.29. The predicted molar refractivity (Wildman–Crippen MR) is 27.3 cm³/mol. The van der Waals surface area contributed by atoms with Crippen LogP contribution in [0.1, 0.15) is 6.92 Å². The fourth-order valence-electron chi connectivity index (χ4n) is 0.127. The summed E-state index contributed by atoms with van der Waals surface area (Å²) in [5.41, 5.74) is 4.80. The van der Waals surface area contributed by atoms with Gasteiger partial charge >= 0.3 is 6.03 Å². The van der Waals surface area contributed by atoms with Gasteiger partial charge in [0.2, 0.25) is 0 Å². The highest BCUT2D eigenvalue weighted by Gasteiger charge is 1.95. The quantitative estimate of drug-likeness (QED) is 0.503. The molecule has 3 nitrogen and oxygen atoms in total. The number of primary amides is 1. The molecule has 3 heteroatoms. The van der Waals surface area contributed by atoms with Crippen LogP contribution >= 0.6 is 0 Å². The number of hydrogen-bond donors (Lipinski definition) is 1. The Morgan fingerprint density at radius 1 is 1.86 bits per heavy atom. The van der Waals surface area contributed by atoms with Crippen LogP contribution in [0.15, 0.2) is 0 Å². The van der Waals surface area contributed by atoms with Gasteiger partial charge in [0.05, 0.1) is 6.54 Å². The minimum atomic E-state index is -0.428. The van der Waals surface area contributed by atoms with Crippen LogP contribution < -0.4 is 5.73 Å². The zero-order valence-electron chi connectivity index (χ0n) is 4.51. The molecule has 0 aliphatic carbocycles. The second kappa shape index (κ2) is 2.44. The lowest BCUT2D eigenvalue weighted by atomic mass is 10.6. The first kappa shape index (κ1) is 6.27. The molecule has 0 aromatic rings. The maximum absolute atomic E-state index is 10.0. The molecular formula is C4H9N2O. The number of rotatable bonds is 1. The van der Waals surface area contributed by atoms with Gasteiger partial charge in [-0.1, -0.05) is 0 Å². The average molecular weight is 101 g/mol. The van der Waals surface area contributed by atoms with Crippen molar-refractivity contribution in [1.82, 2.24) is 4.90 Å². The van der Waals surface area contributed by atoms with Crippen LogP contribution in [0.2, 0.25) is 0 Å². The first-order valence-corrected chi connectivity index (χ1v) is 2.00. The van der Waals surface area contributed by atoms with Gasteiger partial charge in [0.1, 0.15) is 0 Å². The number of nitrogens with zero attached hydrogens (tertiary/aromatic N) is 1. The van der Waals surface area contributed by atoms with E-state index >= 15 is 0 Å². The van der Waals surface area contributed by atoms with Gasteiger partial charge in [-0.05, 0) is 6.92 Å². The molecular weight excluding hydrogens is 92.1 g/mol. The lowest BCUT2D eigenvalue weighted by molar-refractivity contribution is 0.227. The smallest absolute Gasteiger partial charge is 0.314 e. The molecule has 2 N–H and O–H groups in total. The molecule has 0 aliphatic rings. The van der Waals surface area contributed by atoms with Gasteiger partial charge in [-0.2, -0.15) is 0 Å². The third kappa shape index (κ3) is 2.03. The zero-order chi connectivity index (χ0) is 5.86. The predicted octanol–water partition coefficient (Wildman–Crippen LogP) is 0.179. The summed E-state index contributed by atoms with van der Waals surface area (Å²) in [5.74, 6) is 0. The van der Waals surface area contributed by atoms with E-state index in [0.29, 0.717) is 0 Å². The Hall–Kier alpha value is -0.730. The Morgan fingerprint density at radius 3 is 2.29 bits per heavy atom. The van der Waals surface area contributed by atoms with E-state index in [1.807, 2.05) is 0 Å². The van der Waals surface area contributed by atoms with Crippen LogP contribution in [0.3, 0.4) is 0 Å². The van der Waals surface area contributed by atoms with Gasteiger partial charge in [-0.15, -0.1) is 0 Å². The number of carbonyl (C=O) groups is 1. The highest BCUT2D eigenvalue weighted by atomic mass is 16.2. The molecule has 7 heavy (non-hydrogen) atoms. The summed E-state index contributed by atoms with van der Waals surface area (Å²) >= 11 is 0. The van der Waals surface area contributed by atoms with Gasteiger partial charge in [0, 0.05) is 7.05 Å². The van der Waals surface area contributed by atoms with Crippen LogP contribution in [-0.4, -0.2) is 18.0 Å². The van der Waals surface area contributed by atoms with Crippen molar-refractivity contribution in [2.24, 2.45) is 5.73 Å². The van der Waals surface area contributed by atoms with Crippen molar-refractivity contribution in [2.75, 3.05) is 7.05 Å². The second-order valence-corrected chi connectivity index (χ2v) is 1.21. The molecule has 0 bridgehead atoms. The topological polar surface area (TPSA) is 46.3 Å². The van der Waals surface area contributed by atoms with E-state index in [1.54, 1.807) is 20.5 Å². The van der Waals surface area contributed by atoms with Crippen molar-refractivity contribution in [2.45, 2.75) is 6.92 Å². The number of carbonyl (C=O) groups excluding carboxylic acids is 1. The number of hydrogen-bond acceptors (Lipinski definition) is 1. The summed E-state index contributed by atoms with van der Waals surface area (Å²) in [4.78, 5) is 11.4. The first-order chi connectivity index (χ1) is 3.18. The van der Waals surface area contributed by atoms with E-state index in [9.17, 15) is 4.79 Å². The largest absolute Gasteiger partial charge is 0.351 e. The van der Waals surface area contributed by atoms with Gasteiger partial charge < -0.3 is 10.6 Å².